The van der Waals surface area contributed by atoms with Crippen molar-refractivity contribution in [3.05, 3.63) is 47.2 Å². The van der Waals surface area contributed by atoms with Gasteiger partial charge in [0, 0.05) is 31.4 Å². The summed E-state index contributed by atoms with van der Waals surface area (Å²) in [6.07, 6.45) is 3.66. The highest BCUT2D eigenvalue weighted by Gasteiger charge is 2.33. The van der Waals surface area contributed by atoms with Gasteiger partial charge in [0.1, 0.15) is 5.15 Å². The minimum absolute atomic E-state index is 0.0133. The van der Waals surface area contributed by atoms with Crippen LogP contribution in [-0.2, 0) is 10.2 Å². The number of aromatic amines is 1. The molecule has 24 heavy (non-hydrogen) atoms. The number of hydrogen-bond acceptors (Lipinski definition) is 4. The SMILES string of the molecule is NCC1(c2cccc(-c3ccnc4n[nH]c(Cl)c34)c2)CCOCC1. The fourth-order valence-electron chi connectivity index (χ4n) is 3.54. The van der Waals surface area contributed by atoms with Crippen molar-refractivity contribution in [1.82, 2.24) is 15.2 Å². The molecule has 1 aliphatic heterocycles. The molecule has 0 radical (unpaired) electrons. The Morgan fingerprint density at radius 2 is 2.08 bits per heavy atom. The van der Waals surface area contributed by atoms with E-state index in [1.165, 1.54) is 5.56 Å². The van der Waals surface area contributed by atoms with Gasteiger partial charge in [-0.2, -0.15) is 5.10 Å². The van der Waals surface area contributed by atoms with Gasteiger partial charge < -0.3 is 10.5 Å². The molecule has 0 bridgehead atoms. The Morgan fingerprint density at radius 3 is 2.88 bits per heavy atom. The van der Waals surface area contributed by atoms with Crippen molar-refractivity contribution < 1.29 is 4.74 Å². The number of aromatic nitrogens is 3. The Bertz CT molecular complexity index is 870. The zero-order valence-electron chi connectivity index (χ0n) is 13.3. The van der Waals surface area contributed by atoms with Crippen molar-refractivity contribution in [2.45, 2.75) is 18.3 Å². The van der Waals surface area contributed by atoms with Crippen LogP contribution in [0.25, 0.3) is 22.2 Å². The Morgan fingerprint density at radius 1 is 1.25 bits per heavy atom. The lowest BCUT2D eigenvalue weighted by molar-refractivity contribution is 0.0530. The van der Waals surface area contributed by atoms with Crippen LogP contribution in [0.4, 0.5) is 0 Å². The number of H-pyrrole nitrogens is 1. The van der Waals surface area contributed by atoms with Gasteiger partial charge in [-0.05, 0) is 35.6 Å². The zero-order chi connectivity index (χ0) is 16.6. The van der Waals surface area contributed by atoms with Crippen LogP contribution < -0.4 is 5.73 Å². The average Bonchev–Trinajstić information content (AvgIpc) is 3.04. The summed E-state index contributed by atoms with van der Waals surface area (Å²) in [7, 11) is 0. The summed E-state index contributed by atoms with van der Waals surface area (Å²) in [6.45, 7) is 2.14. The first-order valence-corrected chi connectivity index (χ1v) is 8.49. The maximum Gasteiger partial charge on any atom is 0.183 e. The fraction of sp³-hybridized carbons (Fsp3) is 0.333. The molecule has 124 valence electrons. The lowest BCUT2D eigenvalue weighted by Gasteiger charge is -2.37. The van der Waals surface area contributed by atoms with Gasteiger partial charge in [0.2, 0.25) is 0 Å². The highest BCUT2D eigenvalue weighted by molar-refractivity contribution is 6.35. The van der Waals surface area contributed by atoms with Gasteiger partial charge in [-0.1, -0.05) is 35.9 Å². The van der Waals surface area contributed by atoms with E-state index in [1.54, 1.807) is 6.20 Å². The third-order valence-corrected chi connectivity index (χ3v) is 5.31. The highest BCUT2D eigenvalue weighted by atomic mass is 35.5. The average molecular weight is 343 g/mol. The molecule has 0 unspecified atom stereocenters. The molecule has 6 heteroatoms. The number of benzene rings is 1. The smallest absolute Gasteiger partial charge is 0.183 e. The van der Waals surface area contributed by atoms with Crippen molar-refractivity contribution in [3.8, 4) is 11.1 Å². The van der Waals surface area contributed by atoms with E-state index < -0.39 is 0 Å². The summed E-state index contributed by atoms with van der Waals surface area (Å²) in [5.74, 6) is 0. The van der Waals surface area contributed by atoms with E-state index in [0.717, 1.165) is 42.6 Å². The number of fused-ring (bicyclic) bond motifs is 1. The summed E-state index contributed by atoms with van der Waals surface area (Å²) in [6, 6.07) is 10.5. The van der Waals surface area contributed by atoms with Crippen molar-refractivity contribution in [2.24, 2.45) is 5.73 Å². The second-order valence-corrected chi connectivity index (χ2v) is 6.65. The zero-order valence-corrected chi connectivity index (χ0v) is 14.0. The molecule has 1 aliphatic rings. The lowest BCUT2D eigenvalue weighted by atomic mass is 9.73. The molecule has 0 aliphatic carbocycles. The summed E-state index contributed by atoms with van der Waals surface area (Å²) in [5.41, 5.74) is 10.2. The first-order chi connectivity index (χ1) is 11.7. The Hall–Kier alpha value is -1.95. The molecule has 0 amide bonds. The lowest BCUT2D eigenvalue weighted by Crippen LogP contribution is -2.40. The van der Waals surface area contributed by atoms with Crippen LogP contribution in [0.15, 0.2) is 36.5 Å². The molecule has 3 N–H and O–H groups in total. The number of pyridine rings is 1. The minimum atomic E-state index is -0.0133. The van der Waals surface area contributed by atoms with Crippen LogP contribution in [0.5, 0.6) is 0 Å². The minimum Gasteiger partial charge on any atom is -0.381 e. The molecule has 3 aromatic rings. The van der Waals surface area contributed by atoms with Crippen molar-refractivity contribution >= 4 is 22.6 Å². The summed E-state index contributed by atoms with van der Waals surface area (Å²) < 4.78 is 5.53. The van der Waals surface area contributed by atoms with E-state index >= 15 is 0 Å². The number of rotatable bonds is 3. The van der Waals surface area contributed by atoms with Crippen LogP contribution in [0.2, 0.25) is 5.15 Å². The Labute approximate surface area is 145 Å². The van der Waals surface area contributed by atoms with Crippen molar-refractivity contribution in [2.75, 3.05) is 19.8 Å². The number of ether oxygens (including phenoxy) is 1. The summed E-state index contributed by atoms with van der Waals surface area (Å²) in [5, 5.41) is 8.31. The van der Waals surface area contributed by atoms with Gasteiger partial charge in [0.25, 0.3) is 0 Å². The standard InChI is InChI=1S/C18H19ClN4O/c19-16-15-14(4-7-21-17(15)23-22-16)12-2-1-3-13(10-12)18(11-20)5-8-24-9-6-18/h1-4,7,10H,5-6,8-9,11,20H2,(H,21,22,23). The first-order valence-electron chi connectivity index (χ1n) is 8.11. The fourth-order valence-corrected chi connectivity index (χ4v) is 3.77. The molecule has 5 nitrogen and oxygen atoms in total. The largest absolute Gasteiger partial charge is 0.381 e. The number of halogens is 1. The maximum atomic E-state index is 6.28. The molecular formula is C18H19ClN4O. The number of nitrogens with one attached hydrogen (secondary N) is 1. The summed E-state index contributed by atoms with van der Waals surface area (Å²) in [4.78, 5) is 4.27. The predicted molar refractivity (Wildman–Crippen MR) is 95.1 cm³/mol. The van der Waals surface area contributed by atoms with Crippen LogP contribution >= 0.6 is 11.6 Å². The molecule has 1 saturated heterocycles. The van der Waals surface area contributed by atoms with Crippen LogP contribution in [-0.4, -0.2) is 34.9 Å². The van der Waals surface area contributed by atoms with E-state index in [2.05, 4.69) is 39.4 Å². The quantitative estimate of drug-likeness (QED) is 0.765. The normalized spacial score (nSPS) is 17.2. The molecule has 0 saturated carbocycles. The molecule has 1 fully saturated rings. The van der Waals surface area contributed by atoms with Gasteiger partial charge in [-0.25, -0.2) is 4.98 Å². The van der Waals surface area contributed by atoms with Crippen molar-refractivity contribution in [1.29, 1.82) is 0 Å². The van der Waals surface area contributed by atoms with E-state index in [0.29, 0.717) is 17.3 Å². The third kappa shape index (κ3) is 2.49. The number of nitrogens with two attached hydrogens (primary N) is 1. The molecule has 2 aromatic heterocycles. The number of nitrogens with zero attached hydrogens (tertiary/aromatic N) is 2. The molecular weight excluding hydrogens is 324 g/mol. The second kappa shape index (κ2) is 6.16. The first kappa shape index (κ1) is 15.6. The predicted octanol–water partition coefficient (Wildman–Crippen LogP) is 3.29. The van der Waals surface area contributed by atoms with Gasteiger partial charge in [0.05, 0.1) is 5.39 Å². The molecule has 1 aromatic carbocycles. The third-order valence-electron chi connectivity index (χ3n) is 5.04. The van der Waals surface area contributed by atoms with Gasteiger partial charge in [0.15, 0.2) is 5.65 Å². The monoisotopic (exact) mass is 342 g/mol. The van der Waals surface area contributed by atoms with Crippen LogP contribution in [0.1, 0.15) is 18.4 Å². The molecule has 0 atom stereocenters. The maximum absolute atomic E-state index is 6.28. The molecule has 3 heterocycles. The molecule has 4 rings (SSSR count). The highest BCUT2D eigenvalue weighted by Crippen LogP contribution is 2.37. The van der Waals surface area contributed by atoms with Gasteiger partial charge >= 0.3 is 0 Å². The Balaban J connectivity index is 1.84. The molecule has 0 spiro atoms. The van der Waals surface area contributed by atoms with Crippen LogP contribution in [0, 0.1) is 0 Å². The van der Waals surface area contributed by atoms with Crippen LogP contribution in [0.3, 0.4) is 0 Å². The number of hydrogen-bond donors (Lipinski definition) is 2. The van der Waals surface area contributed by atoms with Gasteiger partial charge in [-0.3, -0.25) is 5.10 Å². The van der Waals surface area contributed by atoms with E-state index in [9.17, 15) is 0 Å². The topological polar surface area (TPSA) is 76.8 Å². The van der Waals surface area contributed by atoms with E-state index in [-0.39, 0.29) is 5.41 Å². The Kier molecular flexibility index (Phi) is 4.00. The van der Waals surface area contributed by atoms with E-state index in [4.69, 9.17) is 22.1 Å². The van der Waals surface area contributed by atoms with E-state index in [1.807, 2.05) is 6.07 Å². The van der Waals surface area contributed by atoms with Crippen molar-refractivity contribution in [3.63, 3.8) is 0 Å². The second-order valence-electron chi connectivity index (χ2n) is 6.27. The van der Waals surface area contributed by atoms with Gasteiger partial charge in [-0.15, -0.1) is 0 Å². The summed E-state index contributed by atoms with van der Waals surface area (Å²) >= 11 is 6.28.